The number of methoxy groups -OCH3 is 1. The summed E-state index contributed by atoms with van der Waals surface area (Å²) in [5, 5.41) is 15.1. The normalized spacial score (nSPS) is 13.3. The molecule has 0 saturated heterocycles. The number of ether oxygens (including phenoxy) is 3. The van der Waals surface area contributed by atoms with E-state index >= 15 is 0 Å². The Bertz CT molecular complexity index is 1820. The van der Waals surface area contributed by atoms with E-state index < -0.39 is 11.6 Å². The maximum Gasteiger partial charge on any atom is 0.408 e. The number of rotatable bonds is 10. The molecular formula is C34H31N3O6. The fourth-order valence-corrected chi connectivity index (χ4v) is 5.33. The molecule has 43 heavy (non-hydrogen) atoms. The summed E-state index contributed by atoms with van der Waals surface area (Å²) in [5.41, 5.74) is 1.56. The number of amides is 2. The number of nitrogens with one attached hydrogen (secondary N) is 1. The number of aromatic nitrogens is 1. The third-order valence-corrected chi connectivity index (χ3v) is 7.85. The first kappa shape index (κ1) is 27.8. The van der Waals surface area contributed by atoms with Crippen LogP contribution in [-0.4, -0.2) is 53.3 Å². The third kappa shape index (κ3) is 5.61. The molecule has 2 amide bonds. The van der Waals surface area contributed by atoms with Gasteiger partial charge in [0.2, 0.25) is 0 Å². The molecule has 4 aromatic carbocycles. The SMILES string of the molecule is CNC(=O)c1cccc2cc(Oc3ccnc4cc(OCC5(N(Cc6ccccc6)C(=O)O)CC5)c(OC)cc34)ccc12. The van der Waals surface area contributed by atoms with E-state index in [2.05, 4.69) is 10.3 Å². The lowest BCUT2D eigenvalue weighted by molar-refractivity contribution is 0.0878. The van der Waals surface area contributed by atoms with Gasteiger partial charge in [0.15, 0.2) is 11.5 Å². The average Bonchev–Trinajstić information content (AvgIpc) is 3.82. The summed E-state index contributed by atoms with van der Waals surface area (Å²) in [5.74, 6) is 2.00. The Labute approximate surface area is 248 Å². The lowest BCUT2D eigenvalue weighted by Gasteiger charge is -2.30. The zero-order chi connectivity index (χ0) is 30.0. The summed E-state index contributed by atoms with van der Waals surface area (Å²) in [6.45, 7) is 0.484. The van der Waals surface area contributed by atoms with E-state index in [4.69, 9.17) is 14.2 Å². The molecule has 1 aliphatic rings. The quantitative estimate of drug-likeness (QED) is 0.191. The minimum Gasteiger partial charge on any atom is -0.493 e. The highest BCUT2D eigenvalue weighted by atomic mass is 16.5. The Hall–Kier alpha value is -5.31. The first-order valence-corrected chi connectivity index (χ1v) is 14.0. The molecule has 1 fully saturated rings. The summed E-state index contributed by atoms with van der Waals surface area (Å²) >= 11 is 0. The van der Waals surface area contributed by atoms with Crippen LogP contribution < -0.4 is 19.5 Å². The van der Waals surface area contributed by atoms with Gasteiger partial charge in [-0.2, -0.15) is 0 Å². The molecule has 0 aliphatic heterocycles. The zero-order valence-corrected chi connectivity index (χ0v) is 23.9. The molecule has 9 heteroatoms. The Morgan fingerprint density at radius 1 is 0.930 bits per heavy atom. The lowest BCUT2D eigenvalue weighted by atomic mass is 10.0. The molecule has 0 atom stereocenters. The van der Waals surface area contributed by atoms with Gasteiger partial charge in [-0.25, -0.2) is 4.79 Å². The molecule has 5 aromatic rings. The smallest absolute Gasteiger partial charge is 0.408 e. The molecule has 1 aliphatic carbocycles. The summed E-state index contributed by atoms with van der Waals surface area (Å²) in [6, 6.07) is 26.1. The topological polar surface area (TPSA) is 110 Å². The predicted octanol–water partition coefficient (Wildman–Crippen LogP) is 6.64. The highest BCUT2D eigenvalue weighted by Gasteiger charge is 2.51. The van der Waals surface area contributed by atoms with Gasteiger partial charge in [-0.15, -0.1) is 0 Å². The maximum atomic E-state index is 12.3. The molecule has 1 aromatic heterocycles. The zero-order valence-electron chi connectivity index (χ0n) is 23.9. The van der Waals surface area contributed by atoms with E-state index in [0.717, 1.165) is 21.7 Å². The number of fused-ring (bicyclic) bond motifs is 2. The van der Waals surface area contributed by atoms with E-state index in [1.807, 2.05) is 66.7 Å². The van der Waals surface area contributed by atoms with Crippen molar-refractivity contribution in [3.8, 4) is 23.0 Å². The number of carboxylic acid groups (broad SMARTS) is 1. The second kappa shape index (κ2) is 11.5. The molecule has 0 spiro atoms. The molecule has 2 N–H and O–H groups in total. The number of pyridine rings is 1. The van der Waals surface area contributed by atoms with Crippen LogP contribution in [0.3, 0.4) is 0 Å². The molecule has 218 valence electrons. The van der Waals surface area contributed by atoms with Crippen LogP contribution >= 0.6 is 0 Å². The van der Waals surface area contributed by atoms with E-state index in [-0.39, 0.29) is 12.5 Å². The molecule has 9 nitrogen and oxygen atoms in total. The van der Waals surface area contributed by atoms with Crippen molar-refractivity contribution in [2.24, 2.45) is 0 Å². The van der Waals surface area contributed by atoms with Crippen LogP contribution in [0.25, 0.3) is 21.7 Å². The van der Waals surface area contributed by atoms with E-state index in [9.17, 15) is 14.7 Å². The van der Waals surface area contributed by atoms with Gasteiger partial charge >= 0.3 is 6.09 Å². The predicted molar refractivity (Wildman–Crippen MR) is 163 cm³/mol. The first-order chi connectivity index (χ1) is 20.9. The summed E-state index contributed by atoms with van der Waals surface area (Å²) in [4.78, 5) is 30.5. The number of hydrogen-bond acceptors (Lipinski definition) is 6. The molecule has 0 unspecified atom stereocenters. The van der Waals surface area contributed by atoms with Crippen LogP contribution in [0, 0.1) is 0 Å². The van der Waals surface area contributed by atoms with Crippen molar-refractivity contribution in [1.82, 2.24) is 15.2 Å². The number of benzene rings is 4. The standard InChI is InChI=1S/C34H31N3O6/c1-35-32(38)26-10-6-9-23-17-24(11-12-25(23)26)43-29-13-16-36-28-19-31(30(41-2)18-27(28)29)42-21-34(14-15-34)37(33(39)40)20-22-7-4-3-5-8-22/h3-13,16-19H,14-15,20-21H2,1-2H3,(H,35,38)(H,39,40). The van der Waals surface area contributed by atoms with Gasteiger partial charge in [0.05, 0.1) is 18.2 Å². The van der Waals surface area contributed by atoms with Gasteiger partial charge in [0, 0.05) is 36.8 Å². The van der Waals surface area contributed by atoms with E-state index in [0.29, 0.717) is 53.5 Å². The lowest BCUT2D eigenvalue weighted by Crippen LogP contribution is -2.44. The van der Waals surface area contributed by atoms with Crippen LogP contribution in [0.4, 0.5) is 4.79 Å². The van der Waals surface area contributed by atoms with Crippen molar-refractivity contribution >= 4 is 33.7 Å². The largest absolute Gasteiger partial charge is 0.493 e. The number of nitrogens with zero attached hydrogens (tertiary/aromatic N) is 2. The van der Waals surface area contributed by atoms with Gasteiger partial charge in [-0.3, -0.25) is 14.7 Å². The highest BCUT2D eigenvalue weighted by molar-refractivity contribution is 6.07. The van der Waals surface area contributed by atoms with Gasteiger partial charge in [-0.1, -0.05) is 42.5 Å². The van der Waals surface area contributed by atoms with Crippen molar-refractivity contribution in [3.05, 3.63) is 102 Å². The molecule has 6 rings (SSSR count). The second-order valence-corrected chi connectivity index (χ2v) is 10.6. The number of carbonyl (C=O) groups is 2. The van der Waals surface area contributed by atoms with Crippen molar-refractivity contribution in [3.63, 3.8) is 0 Å². The minimum atomic E-state index is -0.975. The Morgan fingerprint density at radius 3 is 2.47 bits per heavy atom. The molecule has 0 radical (unpaired) electrons. The molecule has 1 heterocycles. The Kier molecular flexibility index (Phi) is 7.46. The van der Waals surface area contributed by atoms with Crippen LogP contribution in [0.15, 0.2) is 91.1 Å². The van der Waals surface area contributed by atoms with Gasteiger partial charge in [-0.05, 0) is 65.6 Å². The number of hydrogen-bond donors (Lipinski definition) is 2. The third-order valence-electron chi connectivity index (χ3n) is 7.85. The summed E-state index contributed by atoms with van der Waals surface area (Å²) in [6.07, 6.45) is 2.12. The first-order valence-electron chi connectivity index (χ1n) is 14.0. The summed E-state index contributed by atoms with van der Waals surface area (Å²) < 4.78 is 18.2. The van der Waals surface area contributed by atoms with E-state index in [1.54, 1.807) is 38.6 Å². The van der Waals surface area contributed by atoms with E-state index in [1.165, 1.54) is 4.90 Å². The molecular weight excluding hydrogens is 546 g/mol. The number of carbonyl (C=O) groups excluding carboxylic acids is 1. The van der Waals surface area contributed by atoms with Crippen molar-refractivity contribution in [2.75, 3.05) is 20.8 Å². The van der Waals surface area contributed by atoms with Gasteiger partial charge in [0.25, 0.3) is 5.91 Å². The summed E-state index contributed by atoms with van der Waals surface area (Å²) in [7, 11) is 3.17. The molecule has 0 bridgehead atoms. The van der Waals surface area contributed by atoms with Crippen molar-refractivity contribution in [2.45, 2.75) is 24.9 Å². The minimum absolute atomic E-state index is 0.149. The van der Waals surface area contributed by atoms with Crippen LogP contribution in [0.1, 0.15) is 28.8 Å². The second-order valence-electron chi connectivity index (χ2n) is 10.6. The van der Waals surface area contributed by atoms with Crippen LogP contribution in [0.2, 0.25) is 0 Å². The maximum absolute atomic E-state index is 12.3. The fraction of sp³-hybridized carbons (Fsp3) is 0.206. The monoisotopic (exact) mass is 577 g/mol. The molecule has 1 saturated carbocycles. The van der Waals surface area contributed by atoms with Gasteiger partial charge in [0.1, 0.15) is 18.1 Å². The van der Waals surface area contributed by atoms with Crippen molar-refractivity contribution in [1.29, 1.82) is 0 Å². The van der Waals surface area contributed by atoms with Crippen LogP contribution in [-0.2, 0) is 6.54 Å². The average molecular weight is 578 g/mol. The van der Waals surface area contributed by atoms with Gasteiger partial charge < -0.3 is 24.6 Å². The Balaban J connectivity index is 1.25. The fourth-order valence-electron chi connectivity index (χ4n) is 5.33. The Morgan fingerprint density at radius 2 is 1.74 bits per heavy atom. The highest BCUT2D eigenvalue weighted by Crippen LogP contribution is 2.45. The van der Waals surface area contributed by atoms with Crippen molar-refractivity contribution < 1.29 is 28.9 Å². The van der Waals surface area contributed by atoms with Crippen LogP contribution in [0.5, 0.6) is 23.0 Å².